The molecule has 3 aromatic rings. The second-order valence-corrected chi connectivity index (χ2v) is 8.98. The van der Waals surface area contributed by atoms with Crippen molar-refractivity contribution in [2.75, 3.05) is 6.54 Å². The van der Waals surface area contributed by atoms with E-state index in [1.807, 2.05) is 12.1 Å². The average molecular weight is 574 g/mol. The average Bonchev–Trinajstić information content (AvgIpc) is 3.07. The molecule has 0 spiro atoms. The Bertz CT molecular complexity index is 969. The highest BCUT2D eigenvalue weighted by atomic mass is 127. The number of rotatable bonds is 4. The summed E-state index contributed by atoms with van der Waals surface area (Å²) >= 11 is 4.60. The first-order valence-corrected chi connectivity index (χ1v) is 10.5. The van der Waals surface area contributed by atoms with Gasteiger partial charge in [-0.3, -0.25) is 14.5 Å². The number of aromatic nitrogens is 1. The van der Waals surface area contributed by atoms with Crippen molar-refractivity contribution in [3.63, 3.8) is 0 Å². The maximum absolute atomic E-state index is 11.8. The van der Waals surface area contributed by atoms with Crippen molar-refractivity contribution in [1.82, 2.24) is 9.47 Å². The number of aliphatic hydroxyl groups is 1. The monoisotopic (exact) mass is 574 g/mol. The molecule has 1 aliphatic heterocycles. The standard InChI is InChI=1S/C19H16I2N2O3/c20-11-1-3-16-14(7-11)15-8-12(21)2-4-17(15)22(16)9-13(24)10-23-18(25)5-6-19(23)26/h1-4,7-8,13,24H,5-6,9-10H2. The van der Waals surface area contributed by atoms with Crippen LogP contribution in [0.25, 0.3) is 21.8 Å². The first kappa shape index (κ1) is 18.2. The van der Waals surface area contributed by atoms with Gasteiger partial charge in [-0.1, -0.05) is 0 Å². The van der Waals surface area contributed by atoms with Crippen LogP contribution in [-0.4, -0.2) is 39.0 Å². The smallest absolute Gasteiger partial charge is 0.229 e. The van der Waals surface area contributed by atoms with E-state index in [9.17, 15) is 14.7 Å². The maximum Gasteiger partial charge on any atom is 0.229 e. The third kappa shape index (κ3) is 3.24. The van der Waals surface area contributed by atoms with Gasteiger partial charge in [0.1, 0.15) is 0 Å². The van der Waals surface area contributed by atoms with E-state index in [1.165, 1.54) is 4.90 Å². The summed E-state index contributed by atoms with van der Waals surface area (Å²) in [5.41, 5.74) is 2.08. The van der Waals surface area contributed by atoms with Crippen LogP contribution in [0, 0.1) is 7.14 Å². The molecule has 26 heavy (non-hydrogen) atoms. The van der Waals surface area contributed by atoms with E-state index in [2.05, 4.69) is 74.0 Å². The normalized spacial score (nSPS) is 16.2. The van der Waals surface area contributed by atoms with Gasteiger partial charge in [-0.05, 0) is 81.6 Å². The fourth-order valence-electron chi connectivity index (χ4n) is 3.55. The van der Waals surface area contributed by atoms with Crippen LogP contribution in [-0.2, 0) is 16.1 Å². The van der Waals surface area contributed by atoms with E-state index in [1.54, 1.807) is 0 Å². The van der Waals surface area contributed by atoms with E-state index < -0.39 is 6.10 Å². The van der Waals surface area contributed by atoms with Crippen LogP contribution in [0.3, 0.4) is 0 Å². The minimum Gasteiger partial charge on any atom is -0.389 e. The molecule has 7 heteroatoms. The highest BCUT2D eigenvalue weighted by Crippen LogP contribution is 2.31. The Morgan fingerprint density at radius 1 is 0.885 bits per heavy atom. The zero-order chi connectivity index (χ0) is 18.4. The lowest BCUT2D eigenvalue weighted by Crippen LogP contribution is -2.38. The van der Waals surface area contributed by atoms with Crippen molar-refractivity contribution in [3.8, 4) is 0 Å². The molecule has 1 fully saturated rings. The predicted molar refractivity (Wildman–Crippen MR) is 117 cm³/mol. The van der Waals surface area contributed by atoms with E-state index >= 15 is 0 Å². The number of amides is 2. The van der Waals surface area contributed by atoms with Crippen LogP contribution in [0.5, 0.6) is 0 Å². The second kappa shape index (κ2) is 7.08. The SMILES string of the molecule is O=C1CCC(=O)N1CC(O)Cn1c2ccc(I)cc2c2cc(I)ccc21. The Hall–Kier alpha value is -1.20. The van der Waals surface area contributed by atoms with Gasteiger partial charge in [-0.15, -0.1) is 0 Å². The van der Waals surface area contributed by atoms with Crippen molar-refractivity contribution < 1.29 is 14.7 Å². The van der Waals surface area contributed by atoms with Crippen LogP contribution in [0.2, 0.25) is 0 Å². The Balaban J connectivity index is 1.73. The van der Waals surface area contributed by atoms with E-state index in [4.69, 9.17) is 0 Å². The number of likely N-dealkylation sites (tertiary alicyclic amines) is 1. The molecule has 1 unspecified atom stereocenters. The number of carbonyl (C=O) groups is 2. The summed E-state index contributed by atoms with van der Waals surface area (Å²) in [7, 11) is 0. The largest absolute Gasteiger partial charge is 0.389 e. The number of halogens is 2. The Labute approximate surface area is 177 Å². The number of imide groups is 1. The molecular formula is C19H16I2N2O3. The summed E-state index contributed by atoms with van der Waals surface area (Å²) in [6.07, 6.45) is -0.311. The van der Waals surface area contributed by atoms with Crippen molar-refractivity contribution in [2.24, 2.45) is 0 Å². The first-order chi connectivity index (χ1) is 12.4. The molecule has 2 heterocycles. The summed E-state index contributed by atoms with van der Waals surface area (Å²) in [6.45, 7) is 0.381. The third-order valence-corrected chi connectivity index (χ3v) is 6.07. The van der Waals surface area contributed by atoms with Gasteiger partial charge < -0.3 is 9.67 Å². The van der Waals surface area contributed by atoms with Gasteiger partial charge in [0.15, 0.2) is 0 Å². The van der Waals surface area contributed by atoms with Gasteiger partial charge >= 0.3 is 0 Å². The van der Waals surface area contributed by atoms with Gasteiger partial charge in [0.2, 0.25) is 11.8 Å². The molecule has 0 saturated carbocycles. The van der Waals surface area contributed by atoms with Gasteiger partial charge in [0.05, 0.1) is 19.2 Å². The summed E-state index contributed by atoms with van der Waals surface area (Å²) in [5.74, 6) is -0.388. The summed E-state index contributed by atoms with van der Waals surface area (Å²) in [6, 6.07) is 12.5. The van der Waals surface area contributed by atoms with E-state index in [0.717, 1.165) is 28.9 Å². The molecule has 4 rings (SSSR count). The summed E-state index contributed by atoms with van der Waals surface area (Å²) in [4.78, 5) is 24.8. The Morgan fingerprint density at radius 2 is 1.38 bits per heavy atom. The number of benzene rings is 2. The van der Waals surface area contributed by atoms with Crippen LogP contribution in [0.15, 0.2) is 36.4 Å². The van der Waals surface area contributed by atoms with Crippen molar-refractivity contribution in [1.29, 1.82) is 0 Å². The molecule has 5 nitrogen and oxygen atoms in total. The number of nitrogens with zero attached hydrogens (tertiary/aromatic N) is 2. The molecule has 134 valence electrons. The molecule has 0 bridgehead atoms. The third-order valence-electron chi connectivity index (χ3n) is 4.73. The Morgan fingerprint density at radius 3 is 1.88 bits per heavy atom. The molecule has 1 N–H and O–H groups in total. The van der Waals surface area contributed by atoms with E-state index in [0.29, 0.717) is 6.54 Å². The summed E-state index contributed by atoms with van der Waals surface area (Å²) < 4.78 is 4.38. The number of hydrogen-bond donors (Lipinski definition) is 1. The number of β-amino-alcohol motifs (C(OH)–C–C–N with tert-alkyl or cyclic N) is 1. The van der Waals surface area contributed by atoms with Crippen LogP contribution >= 0.6 is 45.2 Å². The fourth-order valence-corrected chi connectivity index (χ4v) is 4.53. The lowest BCUT2D eigenvalue weighted by Gasteiger charge is -2.20. The van der Waals surface area contributed by atoms with Gasteiger partial charge in [-0.25, -0.2) is 0 Å². The van der Waals surface area contributed by atoms with Gasteiger partial charge in [-0.2, -0.15) is 0 Å². The van der Waals surface area contributed by atoms with Gasteiger partial charge in [0.25, 0.3) is 0 Å². The highest BCUT2D eigenvalue weighted by Gasteiger charge is 2.30. The van der Waals surface area contributed by atoms with Crippen molar-refractivity contribution >= 4 is 78.8 Å². The lowest BCUT2D eigenvalue weighted by molar-refractivity contribution is -0.140. The molecule has 0 radical (unpaired) electrons. The van der Waals surface area contributed by atoms with Crippen LogP contribution in [0.4, 0.5) is 0 Å². The number of fused-ring (bicyclic) bond motifs is 3. The molecule has 1 saturated heterocycles. The molecule has 1 aromatic heterocycles. The first-order valence-electron chi connectivity index (χ1n) is 8.32. The second-order valence-electron chi connectivity index (χ2n) is 6.49. The number of aliphatic hydroxyl groups excluding tert-OH is 1. The van der Waals surface area contributed by atoms with Crippen LogP contribution < -0.4 is 0 Å². The predicted octanol–water partition coefficient (Wildman–Crippen LogP) is 3.51. The minimum atomic E-state index is -0.807. The van der Waals surface area contributed by atoms with Crippen LogP contribution in [0.1, 0.15) is 12.8 Å². The van der Waals surface area contributed by atoms with Crippen molar-refractivity contribution in [2.45, 2.75) is 25.5 Å². The topological polar surface area (TPSA) is 62.5 Å². The molecule has 1 aliphatic rings. The zero-order valence-electron chi connectivity index (χ0n) is 13.8. The fraction of sp³-hybridized carbons (Fsp3) is 0.263. The lowest BCUT2D eigenvalue weighted by atomic mass is 10.2. The molecule has 1 atom stereocenters. The molecule has 0 aliphatic carbocycles. The van der Waals surface area contributed by atoms with Gasteiger partial charge in [0, 0.05) is 41.8 Å². The molecular weight excluding hydrogens is 558 g/mol. The minimum absolute atomic E-state index is 0.0492. The molecule has 2 amide bonds. The summed E-state index contributed by atoms with van der Waals surface area (Å²) in [5, 5.41) is 12.9. The quantitative estimate of drug-likeness (QED) is 0.384. The number of hydrogen-bond acceptors (Lipinski definition) is 3. The molecule has 2 aromatic carbocycles. The highest BCUT2D eigenvalue weighted by molar-refractivity contribution is 14.1. The zero-order valence-corrected chi connectivity index (χ0v) is 18.1. The Kier molecular flexibility index (Phi) is 4.95. The van der Waals surface area contributed by atoms with Crippen molar-refractivity contribution in [3.05, 3.63) is 43.5 Å². The van der Waals surface area contributed by atoms with E-state index in [-0.39, 0.29) is 31.2 Å². The maximum atomic E-state index is 11.8. The number of carbonyl (C=O) groups excluding carboxylic acids is 2.